The molecule has 2 fully saturated rings. The van der Waals surface area contributed by atoms with Crippen LogP contribution in [0.2, 0.25) is 0 Å². The van der Waals surface area contributed by atoms with Crippen LogP contribution in [0.15, 0.2) is 23.0 Å². The van der Waals surface area contributed by atoms with Gasteiger partial charge in [0, 0.05) is 14.1 Å². The summed E-state index contributed by atoms with van der Waals surface area (Å²) in [5.41, 5.74) is 3.15. The van der Waals surface area contributed by atoms with Crippen molar-refractivity contribution in [3.63, 3.8) is 0 Å². The third-order valence-electron chi connectivity index (χ3n) is 5.78. The first-order chi connectivity index (χ1) is 10.1. The summed E-state index contributed by atoms with van der Waals surface area (Å²) in [5, 5.41) is 0.0833. The third-order valence-corrected chi connectivity index (χ3v) is 6.36. The first-order valence-electron chi connectivity index (χ1n) is 7.85. The fourth-order valence-corrected chi connectivity index (χ4v) is 5.04. The summed E-state index contributed by atoms with van der Waals surface area (Å²) >= 11 is 6.81. The monoisotopic (exact) mass is 304 g/mol. The summed E-state index contributed by atoms with van der Waals surface area (Å²) in [6.45, 7) is 0. The molecule has 0 N–H and O–H groups in total. The lowest BCUT2D eigenvalue weighted by Gasteiger charge is -2.26. The second kappa shape index (κ2) is 4.64. The van der Waals surface area contributed by atoms with Crippen LogP contribution in [0, 0.1) is 17.8 Å². The molecule has 1 aromatic heterocycles. The van der Waals surface area contributed by atoms with E-state index in [9.17, 15) is 4.79 Å². The minimum atomic E-state index is 0.0215. The predicted octanol–water partition coefficient (Wildman–Crippen LogP) is 3.59. The van der Waals surface area contributed by atoms with Crippen molar-refractivity contribution < 1.29 is 0 Å². The van der Waals surface area contributed by atoms with Crippen LogP contribution in [0.3, 0.4) is 0 Å². The van der Waals surface area contributed by atoms with Crippen molar-refractivity contribution in [3.8, 4) is 0 Å². The summed E-state index contributed by atoms with van der Waals surface area (Å²) in [6, 6.07) is 6.25. The van der Waals surface area contributed by atoms with Crippen LogP contribution in [0.5, 0.6) is 0 Å². The van der Waals surface area contributed by atoms with Crippen LogP contribution in [-0.2, 0) is 14.1 Å². The van der Waals surface area contributed by atoms with Gasteiger partial charge in [0.05, 0.1) is 16.4 Å². The van der Waals surface area contributed by atoms with Crippen LogP contribution < -0.4 is 5.69 Å². The van der Waals surface area contributed by atoms with Crippen LogP contribution in [0.1, 0.15) is 36.6 Å². The van der Waals surface area contributed by atoms with Crippen molar-refractivity contribution in [3.05, 3.63) is 34.2 Å². The number of hydrogen-bond donors (Lipinski definition) is 0. The number of aryl methyl sites for hydroxylation is 2. The van der Waals surface area contributed by atoms with Gasteiger partial charge >= 0.3 is 5.69 Å². The van der Waals surface area contributed by atoms with E-state index >= 15 is 0 Å². The topological polar surface area (TPSA) is 26.9 Å². The molecule has 0 amide bonds. The number of aromatic nitrogens is 2. The molecule has 21 heavy (non-hydrogen) atoms. The maximum atomic E-state index is 12.0. The molecule has 3 nitrogen and oxygen atoms in total. The van der Waals surface area contributed by atoms with Gasteiger partial charge < -0.3 is 0 Å². The first kappa shape index (κ1) is 13.4. The highest BCUT2D eigenvalue weighted by Gasteiger charge is 2.43. The molecular formula is C17H21ClN2O. The van der Waals surface area contributed by atoms with Crippen molar-refractivity contribution in [2.75, 3.05) is 0 Å². The molecular weight excluding hydrogens is 284 g/mol. The van der Waals surface area contributed by atoms with Crippen LogP contribution >= 0.6 is 11.6 Å². The maximum absolute atomic E-state index is 12.0. The average molecular weight is 305 g/mol. The fraction of sp³-hybridized carbons (Fsp3) is 0.588. The van der Waals surface area contributed by atoms with E-state index < -0.39 is 0 Å². The summed E-state index contributed by atoms with van der Waals surface area (Å²) < 4.78 is 3.41. The van der Waals surface area contributed by atoms with Gasteiger partial charge in [-0.2, -0.15) is 0 Å². The Morgan fingerprint density at radius 2 is 1.90 bits per heavy atom. The average Bonchev–Trinajstić information content (AvgIpc) is 3.18. The Labute approximate surface area is 129 Å². The molecule has 2 saturated carbocycles. The highest BCUT2D eigenvalue weighted by atomic mass is 35.5. The highest BCUT2D eigenvalue weighted by Crippen LogP contribution is 2.54. The largest absolute Gasteiger partial charge is 0.328 e. The number of nitrogens with zero attached hydrogens (tertiary/aromatic N) is 2. The van der Waals surface area contributed by atoms with Crippen LogP contribution in [-0.4, -0.2) is 9.13 Å². The van der Waals surface area contributed by atoms with Crippen molar-refractivity contribution in [1.29, 1.82) is 0 Å². The van der Waals surface area contributed by atoms with E-state index in [1.165, 1.54) is 31.2 Å². The molecule has 4 heteroatoms. The Morgan fingerprint density at radius 1 is 1.14 bits per heavy atom. The molecule has 1 aromatic carbocycles. The van der Waals surface area contributed by atoms with Gasteiger partial charge in [0.25, 0.3) is 0 Å². The van der Waals surface area contributed by atoms with Crippen molar-refractivity contribution in [2.45, 2.75) is 31.1 Å². The number of imidazole rings is 1. The molecule has 0 aliphatic heterocycles. The normalized spacial score (nSPS) is 29.4. The maximum Gasteiger partial charge on any atom is 0.328 e. The van der Waals surface area contributed by atoms with E-state index in [4.69, 9.17) is 11.6 Å². The first-order valence-corrected chi connectivity index (χ1v) is 8.29. The lowest BCUT2D eigenvalue weighted by molar-refractivity contribution is 0.323. The fourth-order valence-electron chi connectivity index (χ4n) is 4.59. The Balaban J connectivity index is 1.73. The van der Waals surface area contributed by atoms with E-state index in [1.54, 1.807) is 9.13 Å². The molecule has 2 aliphatic carbocycles. The van der Waals surface area contributed by atoms with Crippen LogP contribution in [0.25, 0.3) is 11.0 Å². The molecule has 4 unspecified atom stereocenters. The number of alkyl halides is 1. The minimum absolute atomic E-state index is 0.0215. The lowest BCUT2D eigenvalue weighted by Crippen LogP contribution is -2.19. The minimum Gasteiger partial charge on any atom is -0.295 e. The molecule has 2 bridgehead atoms. The summed E-state index contributed by atoms with van der Waals surface area (Å²) in [4.78, 5) is 12.0. The van der Waals surface area contributed by atoms with E-state index in [-0.39, 0.29) is 11.1 Å². The molecule has 2 aliphatic rings. The molecule has 2 aromatic rings. The third kappa shape index (κ3) is 1.90. The van der Waals surface area contributed by atoms with Gasteiger partial charge in [0.15, 0.2) is 0 Å². The Kier molecular flexibility index (Phi) is 2.97. The quantitative estimate of drug-likeness (QED) is 0.779. The molecule has 0 radical (unpaired) electrons. The molecule has 0 spiro atoms. The Morgan fingerprint density at radius 3 is 2.57 bits per heavy atom. The predicted molar refractivity (Wildman–Crippen MR) is 85.7 cm³/mol. The van der Waals surface area contributed by atoms with E-state index in [0.717, 1.165) is 22.9 Å². The van der Waals surface area contributed by atoms with Gasteiger partial charge in [0.1, 0.15) is 0 Å². The summed E-state index contributed by atoms with van der Waals surface area (Å²) in [7, 11) is 3.65. The zero-order valence-electron chi connectivity index (χ0n) is 12.6. The number of benzene rings is 1. The summed E-state index contributed by atoms with van der Waals surface area (Å²) in [6.07, 6.45) is 5.41. The second-order valence-corrected chi connectivity index (χ2v) is 7.36. The van der Waals surface area contributed by atoms with Gasteiger partial charge in [-0.15, -0.1) is 11.6 Å². The van der Waals surface area contributed by atoms with Gasteiger partial charge in [-0.1, -0.05) is 12.5 Å². The number of fused-ring (bicyclic) bond motifs is 3. The highest BCUT2D eigenvalue weighted by molar-refractivity contribution is 6.21. The number of halogens is 1. The zero-order chi connectivity index (χ0) is 14.7. The lowest BCUT2D eigenvalue weighted by atomic mass is 9.84. The molecule has 0 saturated heterocycles. The van der Waals surface area contributed by atoms with Gasteiger partial charge in [-0.3, -0.25) is 9.13 Å². The number of rotatable bonds is 2. The van der Waals surface area contributed by atoms with E-state index in [1.807, 2.05) is 20.2 Å². The Hall–Kier alpha value is -1.22. The van der Waals surface area contributed by atoms with E-state index in [2.05, 4.69) is 12.1 Å². The second-order valence-electron chi connectivity index (χ2n) is 6.89. The molecule has 4 atom stereocenters. The van der Waals surface area contributed by atoms with E-state index in [0.29, 0.717) is 5.92 Å². The standard InChI is InChI=1S/C17H21ClN2O/c1-19-14-6-5-12(9-15(14)20(2)17(19)21)16(18)13-8-10-3-4-11(13)7-10/h5-6,9-11,13,16H,3-4,7-8H2,1-2H3. The van der Waals surface area contributed by atoms with Crippen molar-refractivity contribution in [2.24, 2.45) is 31.8 Å². The van der Waals surface area contributed by atoms with Gasteiger partial charge in [-0.05, 0) is 54.7 Å². The molecule has 112 valence electrons. The van der Waals surface area contributed by atoms with Crippen LogP contribution in [0.4, 0.5) is 0 Å². The zero-order valence-corrected chi connectivity index (χ0v) is 13.3. The molecule has 4 rings (SSSR count). The van der Waals surface area contributed by atoms with Gasteiger partial charge in [-0.25, -0.2) is 4.79 Å². The van der Waals surface area contributed by atoms with Gasteiger partial charge in [0.2, 0.25) is 0 Å². The van der Waals surface area contributed by atoms with Crippen molar-refractivity contribution in [1.82, 2.24) is 9.13 Å². The number of hydrogen-bond acceptors (Lipinski definition) is 1. The smallest absolute Gasteiger partial charge is 0.295 e. The SMILES string of the molecule is Cn1c(=O)n(C)c2cc(C(Cl)C3CC4CCC3C4)ccc21. The van der Waals surface area contributed by atoms with Crippen molar-refractivity contribution >= 4 is 22.6 Å². The Bertz CT molecular complexity index is 760. The molecule has 1 heterocycles. The summed E-state index contributed by atoms with van der Waals surface area (Å²) in [5.74, 6) is 2.34.